The molecule has 0 aromatic rings. The number of nitriles is 1. The van der Waals surface area contributed by atoms with E-state index in [1.807, 2.05) is 0 Å². The molecule has 1 heteroatoms. The van der Waals surface area contributed by atoms with E-state index >= 15 is 0 Å². The molecule has 0 N–H and O–H groups in total. The maximum absolute atomic E-state index is 8.46. The number of hydrogen-bond acceptors (Lipinski definition) is 1. The van der Waals surface area contributed by atoms with Gasteiger partial charge >= 0.3 is 0 Å². The second kappa shape index (κ2) is 6.06. The highest BCUT2D eigenvalue weighted by atomic mass is 14.2. The maximum Gasteiger partial charge on any atom is 0.0624 e. The zero-order chi connectivity index (χ0) is 9.56. The maximum atomic E-state index is 8.46. The summed E-state index contributed by atoms with van der Waals surface area (Å²) in [5.41, 5.74) is 0. The van der Waals surface area contributed by atoms with Gasteiger partial charge in [0.2, 0.25) is 0 Å². The van der Waals surface area contributed by atoms with E-state index < -0.39 is 0 Å². The predicted octanol–water partition coefficient (Wildman–Crippen LogP) is 3.61. The Hall–Kier alpha value is -0.510. The molecule has 0 aromatic carbocycles. The Morgan fingerprint density at radius 2 is 1.67 bits per heavy atom. The number of nitrogens with zero attached hydrogens (tertiary/aromatic N) is 1. The molecule has 0 aliphatic heterocycles. The second-order valence-corrected chi connectivity index (χ2v) is 4.27. The Balaban J connectivity index is 3.48. The van der Waals surface area contributed by atoms with Gasteiger partial charge in [-0.15, -0.1) is 0 Å². The average Bonchev–Trinajstić information content (AvgIpc) is 2.00. The van der Waals surface area contributed by atoms with Crippen LogP contribution in [0.4, 0.5) is 0 Å². The van der Waals surface area contributed by atoms with Gasteiger partial charge in [0.25, 0.3) is 0 Å². The van der Waals surface area contributed by atoms with Gasteiger partial charge in [0.1, 0.15) is 0 Å². The summed E-state index contributed by atoms with van der Waals surface area (Å²) in [5, 5.41) is 8.46. The molecule has 0 aromatic heterocycles. The Morgan fingerprint density at radius 3 is 2.08 bits per heavy atom. The lowest BCUT2D eigenvalue weighted by molar-refractivity contribution is 0.352. The highest BCUT2D eigenvalue weighted by molar-refractivity contribution is 4.73. The van der Waals surface area contributed by atoms with E-state index in [0.717, 1.165) is 11.8 Å². The van der Waals surface area contributed by atoms with Gasteiger partial charge in [-0.05, 0) is 24.2 Å². The molecular formula is C11H21N. The van der Waals surface area contributed by atoms with Crippen molar-refractivity contribution in [3.05, 3.63) is 0 Å². The van der Waals surface area contributed by atoms with E-state index in [-0.39, 0.29) is 0 Å². The molecule has 70 valence electrons. The highest BCUT2D eigenvalue weighted by Crippen LogP contribution is 2.20. The molecule has 0 radical (unpaired) electrons. The first-order valence-corrected chi connectivity index (χ1v) is 4.94. The molecule has 0 aliphatic carbocycles. The summed E-state index contributed by atoms with van der Waals surface area (Å²) in [5.74, 6) is 2.15. The summed E-state index contributed by atoms with van der Waals surface area (Å²) in [4.78, 5) is 0. The lowest BCUT2D eigenvalue weighted by Gasteiger charge is -2.16. The van der Waals surface area contributed by atoms with Crippen molar-refractivity contribution in [1.29, 1.82) is 5.26 Å². The van der Waals surface area contributed by atoms with Crippen LogP contribution in [0.3, 0.4) is 0 Å². The van der Waals surface area contributed by atoms with Gasteiger partial charge in [-0.3, -0.25) is 0 Å². The fourth-order valence-corrected chi connectivity index (χ4v) is 1.14. The third kappa shape index (κ3) is 5.18. The Morgan fingerprint density at radius 1 is 1.08 bits per heavy atom. The van der Waals surface area contributed by atoms with Crippen molar-refractivity contribution in [2.45, 2.75) is 47.0 Å². The van der Waals surface area contributed by atoms with Crippen LogP contribution in [-0.2, 0) is 0 Å². The van der Waals surface area contributed by atoms with Gasteiger partial charge in [-0.2, -0.15) is 5.26 Å². The van der Waals surface area contributed by atoms with Crippen LogP contribution in [0, 0.1) is 29.1 Å². The molecule has 0 amide bonds. The standard InChI is InChI=1S/C11H21N/c1-9(2)11(4)6-5-10(3)7-8-12/h9-11H,5-7H2,1-4H3. The van der Waals surface area contributed by atoms with Crippen molar-refractivity contribution in [2.24, 2.45) is 17.8 Å². The Kier molecular flexibility index (Phi) is 5.80. The van der Waals surface area contributed by atoms with Gasteiger partial charge in [0.05, 0.1) is 6.07 Å². The van der Waals surface area contributed by atoms with Gasteiger partial charge in [0.15, 0.2) is 0 Å². The van der Waals surface area contributed by atoms with Crippen LogP contribution < -0.4 is 0 Å². The molecule has 0 rings (SSSR count). The molecule has 0 fully saturated rings. The van der Waals surface area contributed by atoms with E-state index in [0.29, 0.717) is 12.3 Å². The van der Waals surface area contributed by atoms with Crippen LogP contribution in [0.5, 0.6) is 0 Å². The summed E-state index contributed by atoms with van der Waals surface area (Å²) in [6.07, 6.45) is 3.18. The first-order valence-electron chi connectivity index (χ1n) is 4.94. The van der Waals surface area contributed by atoms with E-state index in [9.17, 15) is 0 Å². The molecule has 0 bridgehead atoms. The van der Waals surface area contributed by atoms with Crippen molar-refractivity contribution in [3.63, 3.8) is 0 Å². The Bertz CT molecular complexity index is 144. The largest absolute Gasteiger partial charge is 0.198 e. The summed E-state index contributed by atoms with van der Waals surface area (Å²) < 4.78 is 0. The van der Waals surface area contributed by atoms with Crippen LogP contribution in [-0.4, -0.2) is 0 Å². The van der Waals surface area contributed by atoms with E-state index in [1.165, 1.54) is 12.8 Å². The van der Waals surface area contributed by atoms with Gasteiger partial charge < -0.3 is 0 Å². The zero-order valence-corrected chi connectivity index (χ0v) is 8.80. The van der Waals surface area contributed by atoms with E-state index in [1.54, 1.807) is 0 Å². The fourth-order valence-electron chi connectivity index (χ4n) is 1.14. The van der Waals surface area contributed by atoms with E-state index in [4.69, 9.17) is 5.26 Å². The molecule has 2 unspecified atom stereocenters. The molecule has 0 saturated carbocycles. The highest BCUT2D eigenvalue weighted by Gasteiger charge is 2.09. The fraction of sp³-hybridized carbons (Fsp3) is 0.909. The predicted molar refractivity (Wildman–Crippen MR) is 52.6 cm³/mol. The van der Waals surface area contributed by atoms with Crippen LogP contribution in [0.1, 0.15) is 47.0 Å². The molecule has 0 aliphatic rings. The number of hydrogen-bond donors (Lipinski definition) is 0. The van der Waals surface area contributed by atoms with Crippen LogP contribution in [0.15, 0.2) is 0 Å². The SMILES string of the molecule is CC(CC#N)CCC(C)C(C)C. The minimum Gasteiger partial charge on any atom is -0.198 e. The molecule has 0 spiro atoms. The third-order valence-electron chi connectivity index (χ3n) is 2.69. The molecule has 1 nitrogen and oxygen atoms in total. The van der Waals surface area contributed by atoms with Crippen molar-refractivity contribution in [3.8, 4) is 6.07 Å². The first-order chi connectivity index (χ1) is 5.57. The van der Waals surface area contributed by atoms with Crippen LogP contribution in [0.25, 0.3) is 0 Å². The lowest BCUT2D eigenvalue weighted by Crippen LogP contribution is -2.06. The van der Waals surface area contributed by atoms with Crippen LogP contribution in [0.2, 0.25) is 0 Å². The summed E-state index contributed by atoms with van der Waals surface area (Å²) in [7, 11) is 0. The van der Waals surface area contributed by atoms with Crippen molar-refractivity contribution in [2.75, 3.05) is 0 Å². The summed E-state index contributed by atoms with van der Waals surface area (Å²) in [6, 6.07) is 2.22. The summed E-state index contributed by atoms with van der Waals surface area (Å²) >= 11 is 0. The molecule has 2 atom stereocenters. The normalized spacial score (nSPS) is 15.7. The van der Waals surface area contributed by atoms with Gasteiger partial charge in [0, 0.05) is 6.42 Å². The topological polar surface area (TPSA) is 23.8 Å². The number of rotatable bonds is 5. The lowest BCUT2D eigenvalue weighted by atomic mass is 9.89. The van der Waals surface area contributed by atoms with Crippen LogP contribution >= 0.6 is 0 Å². The van der Waals surface area contributed by atoms with Gasteiger partial charge in [-0.1, -0.05) is 34.1 Å². The van der Waals surface area contributed by atoms with Crippen molar-refractivity contribution < 1.29 is 0 Å². The summed E-state index contributed by atoms with van der Waals surface area (Å²) in [6.45, 7) is 8.99. The van der Waals surface area contributed by atoms with Crippen molar-refractivity contribution in [1.82, 2.24) is 0 Å². The molecule has 12 heavy (non-hydrogen) atoms. The minimum absolute atomic E-state index is 0.580. The third-order valence-corrected chi connectivity index (χ3v) is 2.69. The van der Waals surface area contributed by atoms with Crippen molar-refractivity contribution >= 4 is 0 Å². The quantitative estimate of drug-likeness (QED) is 0.613. The smallest absolute Gasteiger partial charge is 0.0624 e. The molecule has 0 heterocycles. The second-order valence-electron chi connectivity index (χ2n) is 4.27. The van der Waals surface area contributed by atoms with Gasteiger partial charge in [-0.25, -0.2) is 0 Å². The molecule has 0 saturated heterocycles. The first kappa shape index (κ1) is 11.5. The zero-order valence-electron chi connectivity index (χ0n) is 8.80. The average molecular weight is 167 g/mol. The molecular weight excluding hydrogens is 146 g/mol. The monoisotopic (exact) mass is 167 g/mol. The Labute approximate surface area is 76.8 Å². The van der Waals surface area contributed by atoms with E-state index in [2.05, 4.69) is 33.8 Å². The minimum atomic E-state index is 0.580.